The zero-order valence-corrected chi connectivity index (χ0v) is 7.01. The highest BCUT2D eigenvalue weighted by Crippen LogP contribution is 2.21. The summed E-state index contributed by atoms with van der Waals surface area (Å²) in [6.45, 7) is 3.45. The van der Waals surface area contributed by atoms with E-state index in [0.29, 0.717) is 6.10 Å². The minimum absolute atomic E-state index is 0.593. The van der Waals surface area contributed by atoms with Gasteiger partial charge in [-0.1, -0.05) is 0 Å². The van der Waals surface area contributed by atoms with Crippen LogP contribution in [0.25, 0.3) is 0 Å². The van der Waals surface area contributed by atoms with E-state index in [2.05, 4.69) is 5.32 Å². The second-order valence-corrected chi connectivity index (χ2v) is 3.75. The third-order valence-corrected chi connectivity index (χ3v) is 2.74. The van der Waals surface area contributed by atoms with E-state index in [1.807, 2.05) is 0 Å². The molecule has 11 heavy (non-hydrogen) atoms. The smallest absolute Gasteiger partial charge is 0.0578 e. The highest BCUT2D eigenvalue weighted by molar-refractivity contribution is 4.78. The summed E-state index contributed by atoms with van der Waals surface area (Å²) in [7, 11) is 0. The minimum Gasteiger partial charge on any atom is -0.378 e. The highest BCUT2D eigenvalue weighted by Gasteiger charge is 2.23. The molecule has 2 saturated heterocycles. The Morgan fingerprint density at radius 2 is 2.18 bits per heavy atom. The molecule has 0 aliphatic carbocycles. The summed E-state index contributed by atoms with van der Waals surface area (Å²) in [4.78, 5) is 0. The molecule has 2 fully saturated rings. The van der Waals surface area contributed by atoms with Crippen LogP contribution in [0.2, 0.25) is 0 Å². The van der Waals surface area contributed by atoms with Crippen LogP contribution in [0.3, 0.4) is 0 Å². The molecule has 0 aromatic carbocycles. The quantitative estimate of drug-likeness (QED) is 0.646. The zero-order valence-electron chi connectivity index (χ0n) is 7.01. The van der Waals surface area contributed by atoms with Crippen LogP contribution in [0.4, 0.5) is 0 Å². The molecule has 1 atom stereocenters. The number of hydrogen-bond donors (Lipinski definition) is 1. The van der Waals surface area contributed by atoms with Crippen molar-refractivity contribution in [3.8, 4) is 0 Å². The van der Waals surface area contributed by atoms with Gasteiger partial charge in [0, 0.05) is 6.61 Å². The lowest BCUT2D eigenvalue weighted by molar-refractivity contribution is -0.00315. The van der Waals surface area contributed by atoms with Gasteiger partial charge in [-0.15, -0.1) is 0 Å². The van der Waals surface area contributed by atoms with Crippen molar-refractivity contribution in [2.24, 2.45) is 5.92 Å². The van der Waals surface area contributed by atoms with E-state index in [-0.39, 0.29) is 0 Å². The van der Waals surface area contributed by atoms with E-state index in [9.17, 15) is 0 Å². The van der Waals surface area contributed by atoms with Gasteiger partial charge in [0.1, 0.15) is 0 Å². The van der Waals surface area contributed by atoms with E-state index in [4.69, 9.17) is 4.74 Å². The normalized spacial score (nSPS) is 33.3. The van der Waals surface area contributed by atoms with Gasteiger partial charge in [-0.3, -0.25) is 0 Å². The summed E-state index contributed by atoms with van der Waals surface area (Å²) in [6.07, 6.45) is 5.85. The van der Waals surface area contributed by atoms with Gasteiger partial charge in [-0.2, -0.15) is 0 Å². The molecule has 0 aromatic rings. The van der Waals surface area contributed by atoms with Crippen LogP contribution in [0, 0.1) is 5.92 Å². The maximum atomic E-state index is 5.66. The molecule has 2 rings (SSSR count). The molecule has 0 spiro atoms. The van der Waals surface area contributed by atoms with Crippen LogP contribution >= 0.6 is 0 Å². The van der Waals surface area contributed by atoms with E-state index in [1.165, 1.54) is 38.8 Å². The predicted molar refractivity (Wildman–Crippen MR) is 44.6 cm³/mol. The first-order valence-electron chi connectivity index (χ1n) is 4.77. The number of nitrogens with one attached hydrogen (secondary N) is 1. The Labute approximate surface area is 68.3 Å². The second kappa shape index (κ2) is 3.55. The summed E-state index contributed by atoms with van der Waals surface area (Å²) in [5.74, 6) is 0.915. The third-order valence-electron chi connectivity index (χ3n) is 2.74. The van der Waals surface area contributed by atoms with Crippen LogP contribution in [0.15, 0.2) is 0 Å². The van der Waals surface area contributed by atoms with Crippen molar-refractivity contribution in [2.75, 3.05) is 19.7 Å². The lowest BCUT2D eigenvalue weighted by Gasteiger charge is -2.32. The van der Waals surface area contributed by atoms with Crippen molar-refractivity contribution in [3.63, 3.8) is 0 Å². The SMILES string of the molecule is C1CCC(CC2CNC2)OC1. The Bertz CT molecular complexity index is 117. The van der Waals surface area contributed by atoms with Gasteiger partial charge in [-0.05, 0) is 44.7 Å². The second-order valence-electron chi connectivity index (χ2n) is 3.75. The molecule has 2 aliphatic heterocycles. The Kier molecular flexibility index (Phi) is 2.44. The van der Waals surface area contributed by atoms with Crippen LogP contribution in [-0.2, 0) is 4.74 Å². The molecular weight excluding hydrogens is 138 g/mol. The Morgan fingerprint density at radius 3 is 2.73 bits per heavy atom. The Hall–Kier alpha value is -0.0800. The molecule has 0 saturated carbocycles. The van der Waals surface area contributed by atoms with Crippen LogP contribution in [0.1, 0.15) is 25.7 Å². The first-order valence-corrected chi connectivity index (χ1v) is 4.77. The third kappa shape index (κ3) is 1.94. The fourth-order valence-electron chi connectivity index (χ4n) is 1.88. The Morgan fingerprint density at radius 1 is 1.27 bits per heavy atom. The van der Waals surface area contributed by atoms with Crippen LogP contribution < -0.4 is 5.32 Å². The van der Waals surface area contributed by atoms with Crippen LogP contribution in [-0.4, -0.2) is 25.8 Å². The Balaban J connectivity index is 1.67. The molecule has 2 nitrogen and oxygen atoms in total. The molecule has 0 bridgehead atoms. The first kappa shape index (κ1) is 7.56. The number of hydrogen-bond acceptors (Lipinski definition) is 2. The number of ether oxygens (including phenoxy) is 1. The van der Waals surface area contributed by atoms with Crippen molar-refractivity contribution in [2.45, 2.75) is 31.8 Å². The van der Waals surface area contributed by atoms with E-state index < -0.39 is 0 Å². The maximum absolute atomic E-state index is 5.66. The zero-order chi connectivity index (χ0) is 7.52. The van der Waals surface area contributed by atoms with E-state index >= 15 is 0 Å². The predicted octanol–water partition coefficient (Wildman–Crippen LogP) is 1.17. The van der Waals surface area contributed by atoms with Gasteiger partial charge in [0.05, 0.1) is 6.10 Å². The summed E-state index contributed by atoms with van der Waals surface area (Å²) < 4.78 is 5.66. The standard InChI is InChI=1S/C9H17NO/c1-2-4-11-9(3-1)5-8-6-10-7-8/h8-10H,1-7H2. The van der Waals surface area contributed by atoms with Crippen molar-refractivity contribution in [1.29, 1.82) is 0 Å². The van der Waals surface area contributed by atoms with Crippen molar-refractivity contribution in [1.82, 2.24) is 5.32 Å². The molecule has 0 aromatic heterocycles. The van der Waals surface area contributed by atoms with Gasteiger partial charge in [0.25, 0.3) is 0 Å². The van der Waals surface area contributed by atoms with E-state index in [1.54, 1.807) is 0 Å². The molecule has 0 radical (unpaired) electrons. The van der Waals surface area contributed by atoms with Gasteiger partial charge < -0.3 is 10.1 Å². The van der Waals surface area contributed by atoms with E-state index in [0.717, 1.165) is 12.5 Å². The summed E-state index contributed by atoms with van der Waals surface area (Å²) in [6, 6.07) is 0. The lowest BCUT2D eigenvalue weighted by Crippen LogP contribution is -2.44. The van der Waals surface area contributed by atoms with Gasteiger partial charge >= 0.3 is 0 Å². The largest absolute Gasteiger partial charge is 0.378 e. The molecule has 64 valence electrons. The molecule has 1 unspecified atom stereocenters. The first-order chi connectivity index (χ1) is 5.45. The fourth-order valence-corrected chi connectivity index (χ4v) is 1.88. The van der Waals surface area contributed by atoms with Crippen molar-refractivity contribution < 1.29 is 4.74 Å². The maximum Gasteiger partial charge on any atom is 0.0578 e. The molecular formula is C9H17NO. The van der Waals surface area contributed by atoms with Gasteiger partial charge in [0.15, 0.2) is 0 Å². The average molecular weight is 155 g/mol. The monoisotopic (exact) mass is 155 g/mol. The molecule has 0 amide bonds. The molecule has 2 aliphatic rings. The lowest BCUT2D eigenvalue weighted by atomic mass is 9.93. The van der Waals surface area contributed by atoms with Gasteiger partial charge in [-0.25, -0.2) is 0 Å². The molecule has 2 heteroatoms. The van der Waals surface area contributed by atoms with Crippen molar-refractivity contribution >= 4 is 0 Å². The highest BCUT2D eigenvalue weighted by atomic mass is 16.5. The summed E-state index contributed by atoms with van der Waals surface area (Å²) in [5.41, 5.74) is 0. The minimum atomic E-state index is 0.593. The average Bonchev–Trinajstić information content (AvgIpc) is 1.99. The van der Waals surface area contributed by atoms with Crippen molar-refractivity contribution in [3.05, 3.63) is 0 Å². The molecule has 2 heterocycles. The topological polar surface area (TPSA) is 21.3 Å². The number of rotatable bonds is 2. The summed E-state index contributed by atoms with van der Waals surface area (Å²) in [5, 5.41) is 3.30. The van der Waals surface area contributed by atoms with Crippen LogP contribution in [0.5, 0.6) is 0 Å². The van der Waals surface area contributed by atoms with Gasteiger partial charge in [0.2, 0.25) is 0 Å². The fraction of sp³-hybridized carbons (Fsp3) is 1.00. The summed E-state index contributed by atoms with van der Waals surface area (Å²) >= 11 is 0. The molecule has 1 N–H and O–H groups in total.